The quantitative estimate of drug-likeness (QED) is 0.508. The summed E-state index contributed by atoms with van der Waals surface area (Å²) < 4.78 is 30.0. The molecule has 2 aromatic rings. The Hall–Kier alpha value is -0.710. The number of hydrogen-bond donors (Lipinski definition) is 2. The van der Waals surface area contributed by atoms with Crippen LogP contribution in [-0.2, 0) is 15.4 Å². The summed E-state index contributed by atoms with van der Waals surface area (Å²) >= 11 is 18.1. The Kier molecular flexibility index (Phi) is 8.76. The van der Waals surface area contributed by atoms with Gasteiger partial charge in [-0.15, -0.1) is 11.6 Å². The lowest BCUT2D eigenvalue weighted by molar-refractivity contribution is 0.125. The lowest BCUT2D eigenvalue weighted by atomic mass is 10.3. The van der Waals surface area contributed by atoms with Gasteiger partial charge in [-0.2, -0.15) is 0 Å². The van der Waals surface area contributed by atoms with Gasteiger partial charge in [-0.25, -0.2) is 8.93 Å². The highest BCUT2D eigenvalue weighted by molar-refractivity contribution is 7.99. The van der Waals surface area contributed by atoms with Crippen LogP contribution in [0.2, 0.25) is 10.0 Å². The van der Waals surface area contributed by atoms with Gasteiger partial charge in [0, 0.05) is 16.3 Å². The van der Waals surface area contributed by atoms with Gasteiger partial charge < -0.3 is 14.6 Å². The van der Waals surface area contributed by atoms with Gasteiger partial charge in [0.05, 0.1) is 15.9 Å². The first-order chi connectivity index (χ1) is 13.9. The van der Waals surface area contributed by atoms with Crippen molar-refractivity contribution in [2.45, 2.75) is 22.0 Å². The fraction of sp³-hybridized carbons (Fsp3) is 0.333. The number of rotatable bonds is 9. The standard InChI is InChI=1S/C18H18Cl3NO5S2/c19-7-11(23)9-26-18-16(20)5-15(6-17(18)21)28-14-3-1-12(2-4-14)25-10-13-8-22-29(24)27-13/h1-6,11,13,22-23H,7-10H2. The molecule has 0 radical (unpaired) electrons. The Labute approximate surface area is 190 Å². The summed E-state index contributed by atoms with van der Waals surface area (Å²) in [6.45, 7) is 0.817. The highest BCUT2D eigenvalue weighted by Gasteiger charge is 2.22. The van der Waals surface area contributed by atoms with Crippen molar-refractivity contribution in [1.82, 2.24) is 4.72 Å². The maximum atomic E-state index is 11.1. The van der Waals surface area contributed by atoms with Crippen LogP contribution in [0.15, 0.2) is 46.2 Å². The van der Waals surface area contributed by atoms with Crippen LogP contribution >= 0.6 is 46.6 Å². The second kappa shape index (κ2) is 11.1. The first-order valence-corrected chi connectivity index (χ1v) is 11.7. The molecular weight excluding hydrogens is 481 g/mol. The van der Waals surface area contributed by atoms with E-state index in [2.05, 4.69) is 4.72 Å². The largest absolute Gasteiger partial charge is 0.491 e. The zero-order chi connectivity index (χ0) is 20.8. The maximum absolute atomic E-state index is 11.1. The number of ether oxygens (including phenoxy) is 2. The Morgan fingerprint density at radius 2 is 1.90 bits per heavy atom. The van der Waals surface area contributed by atoms with Crippen molar-refractivity contribution in [3.8, 4) is 11.5 Å². The van der Waals surface area contributed by atoms with Crippen molar-refractivity contribution < 1.29 is 23.0 Å². The number of halogens is 3. The zero-order valence-corrected chi connectivity index (χ0v) is 18.9. The van der Waals surface area contributed by atoms with Crippen LogP contribution in [0, 0.1) is 0 Å². The molecule has 11 heteroatoms. The topological polar surface area (TPSA) is 77.0 Å². The first-order valence-electron chi connectivity index (χ1n) is 8.53. The second-order valence-electron chi connectivity index (χ2n) is 6.02. The third-order valence-electron chi connectivity index (χ3n) is 3.72. The molecule has 1 fully saturated rings. The first kappa shape index (κ1) is 23.0. The number of alkyl halides is 1. The van der Waals surface area contributed by atoms with Crippen LogP contribution in [0.3, 0.4) is 0 Å². The maximum Gasteiger partial charge on any atom is 0.234 e. The van der Waals surface area contributed by atoms with Crippen LogP contribution in [0.5, 0.6) is 11.5 Å². The van der Waals surface area contributed by atoms with E-state index < -0.39 is 17.4 Å². The lowest BCUT2D eigenvalue weighted by Gasteiger charge is -2.14. The van der Waals surface area contributed by atoms with Gasteiger partial charge in [-0.1, -0.05) is 35.0 Å². The highest BCUT2D eigenvalue weighted by Crippen LogP contribution is 2.39. The fourth-order valence-electron chi connectivity index (χ4n) is 2.33. The predicted octanol–water partition coefficient (Wildman–Crippen LogP) is 4.07. The molecule has 1 saturated heterocycles. The van der Waals surface area contributed by atoms with Gasteiger partial charge in [0.1, 0.15) is 31.2 Å². The van der Waals surface area contributed by atoms with E-state index in [1.54, 1.807) is 12.1 Å². The fourth-order valence-corrected chi connectivity index (χ4v) is 4.80. The Balaban J connectivity index is 1.57. The number of aliphatic hydroxyl groups is 1. The molecule has 1 aliphatic heterocycles. The molecule has 2 aromatic carbocycles. The molecule has 1 heterocycles. The van der Waals surface area contributed by atoms with E-state index in [4.69, 9.17) is 48.5 Å². The average Bonchev–Trinajstić information content (AvgIpc) is 3.12. The molecule has 3 unspecified atom stereocenters. The average molecular weight is 499 g/mol. The molecule has 3 atom stereocenters. The monoisotopic (exact) mass is 497 g/mol. The van der Waals surface area contributed by atoms with Crippen molar-refractivity contribution >= 4 is 57.8 Å². The summed E-state index contributed by atoms with van der Waals surface area (Å²) in [5.74, 6) is 1.07. The summed E-state index contributed by atoms with van der Waals surface area (Å²) in [5, 5.41) is 10.2. The predicted molar refractivity (Wildman–Crippen MR) is 116 cm³/mol. The van der Waals surface area contributed by atoms with Crippen LogP contribution in [0.4, 0.5) is 0 Å². The number of nitrogens with one attached hydrogen (secondary N) is 1. The number of hydrogen-bond acceptors (Lipinski definition) is 6. The van der Waals surface area contributed by atoms with Crippen molar-refractivity contribution in [2.75, 3.05) is 25.6 Å². The third kappa shape index (κ3) is 6.90. The molecular formula is C18H18Cl3NO5S2. The highest BCUT2D eigenvalue weighted by atomic mass is 35.5. The molecule has 158 valence electrons. The number of aliphatic hydroxyl groups excluding tert-OH is 1. The van der Waals surface area contributed by atoms with E-state index in [1.807, 2.05) is 24.3 Å². The number of benzene rings is 2. The van der Waals surface area contributed by atoms with Crippen LogP contribution in [0.1, 0.15) is 0 Å². The molecule has 3 rings (SSSR count). The minimum absolute atomic E-state index is 0.00869. The summed E-state index contributed by atoms with van der Waals surface area (Å²) in [6.07, 6.45) is -1.03. The van der Waals surface area contributed by atoms with Crippen LogP contribution in [-0.4, -0.2) is 47.2 Å². The molecule has 2 N–H and O–H groups in total. The van der Waals surface area contributed by atoms with E-state index in [0.29, 0.717) is 34.7 Å². The normalized spacial score (nSPS) is 19.9. The van der Waals surface area contributed by atoms with Crippen molar-refractivity contribution in [3.63, 3.8) is 0 Å². The van der Waals surface area contributed by atoms with Gasteiger partial charge in [0.25, 0.3) is 0 Å². The van der Waals surface area contributed by atoms with E-state index >= 15 is 0 Å². The van der Waals surface area contributed by atoms with Gasteiger partial charge in [-0.3, -0.25) is 4.18 Å². The Morgan fingerprint density at radius 3 is 2.48 bits per heavy atom. The SMILES string of the molecule is O=S1NCC(COc2ccc(Sc3cc(Cl)c(OCC(O)CCl)c(Cl)c3)cc2)O1. The molecule has 0 aliphatic carbocycles. The van der Waals surface area contributed by atoms with E-state index in [9.17, 15) is 9.32 Å². The molecule has 0 saturated carbocycles. The molecule has 1 aliphatic rings. The molecule has 6 nitrogen and oxygen atoms in total. The third-order valence-corrected chi connectivity index (χ3v) is 6.46. The van der Waals surface area contributed by atoms with Gasteiger partial charge >= 0.3 is 0 Å². The minimum Gasteiger partial charge on any atom is -0.491 e. The summed E-state index contributed by atoms with van der Waals surface area (Å²) in [7, 11) is 0. The molecule has 29 heavy (non-hydrogen) atoms. The molecule has 0 aromatic heterocycles. The summed E-state index contributed by atoms with van der Waals surface area (Å²) in [6, 6.07) is 11.0. The molecule has 0 bridgehead atoms. The summed E-state index contributed by atoms with van der Waals surface area (Å²) in [5.41, 5.74) is 0. The Morgan fingerprint density at radius 1 is 1.21 bits per heavy atom. The van der Waals surface area contributed by atoms with Crippen molar-refractivity contribution in [3.05, 3.63) is 46.4 Å². The van der Waals surface area contributed by atoms with Crippen LogP contribution in [0.25, 0.3) is 0 Å². The van der Waals surface area contributed by atoms with Crippen LogP contribution < -0.4 is 14.2 Å². The Bertz CT molecular complexity index is 833. The van der Waals surface area contributed by atoms with E-state index in [1.165, 1.54) is 11.8 Å². The molecule has 0 spiro atoms. The van der Waals surface area contributed by atoms with Gasteiger partial charge in [-0.05, 0) is 36.4 Å². The smallest absolute Gasteiger partial charge is 0.234 e. The van der Waals surface area contributed by atoms with Gasteiger partial charge in [0.2, 0.25) is 11.3 Å². The van der Waals surface area contributed by atoms with Gasteiger partial charge in [0.15, 0.2) is 5.75 Å². The minimum atomic E-state index is -1.43. The van der Waals surface area contributed by atoms with Crippen molar-refractivity contribution in [2.24, 2.45) is 0 Å². The van der Waals surface area contributed by atoms with E-state index in [-0.39, 0.29) is 18.6 Å². The van der Waals surface area contributed by atoms with E-state index in [0.717, 1.165) is 9.79 Å². The second-order valence-corrected chi connectivity index (χ2v) is 9.24. The molecule has 0 amide bonds. The lowest BCUT2D eigenvalue weighted by Crippen LogP contribution is -2.21. The van der Waals surface area contributed by atoms with Crippen molar-refractivity contribution in [1.29, 1.82) is 0 Å². The summed E-state index contributed by atoms with van der Waals surface area (Å²) in [4.78, 5) is 1.81. The zero-order valence-electron chi connectivity index (χ0n) is 15.0.